The van der Waals surface area contributed by atoms with Gasteiger partial charge in [-0.25, -0.2) is 13.1 Å². The molecule has 0 unspecified atom stereocenters. The van der Waals surface area contributed by atoms with Crippen LogP contribution in [0.1, 0.15) is 31.4 Å². The Balaban J connectivity index is 2.07. The Bertz CT molecular complexity index is 860. The molecule has 0 saturated heterocycles. The predicted molar refractivity (Wildman–Crippen MR) is 108 cm³/mol. The number of nitrogens with zero attached hydrogens (tertiary/aromatic N) is 1. The Labute approximate surface area is 161 Å². The first-order chi connectivity index (χ1) is 13.0. The summed E-state index contributed by atoms with van der Waals surface area (Å²) >= 11 is 0. The average molecular weight is 387 g/mol. The van der Waals surface area contributed by atoms with Crippen LogP contribution in [0.2, 0.25) is 0 Å². The van der Waals surface area contributed by atoms with E-state index in [2.05, 4.69) is 4.72 Å². The fourth-order valence-corrected chi connectivity index (χ4v) is 3.69. The van der Waals surface area contributed by atoms with E-state index in [-0.39, 0.29) is 10.8 Å². The number of nitrogens with one attached hydrogen (secondary N) is 1. The smallest absolute Gasteiger partial charge is 0.246 e. The van der Waals surface area contributed by atoms with Crippen LogP contribution in [0, 0.1) is 0 Å². The van der Waals surface area contributed by atoms with E-state index in [4.69, 9.17) is 0 Å². The van der Waals surface area contributed by atoms with E-state index >= 15 is 0 Å². The van der Waals surface area contributed by atoms with Gasteiger partial charge >= 0.3 is 0 Å². The molecule has 0 aliphatic rings. The minimum Gasteiger partial charge on any atom is -0.335 e. The van der Waals surface area contributed by atoms with Crippen LogP contribution >= 0.6 is 0 Å². The largest absolute Gasteiger partial charge is 0.335 e. The van der Waals surface area contributed by atoms with E-state index in [9.17, 15) is 13.2 Å². The summed E-state index contributed by atoms with van der Waals surface area (Å²) in [5.41, 5.74) is 1.86. The summed E-state index contributed by atoms with van der Waals surface area (Å²) in [4.78, 5) is 14.6. The van der Waals surface area contributed by atoms with Crippen molar-refractivity contribution in [1.82, 2.24) is 9.62 Å². The molecule has 0 aliphatic heterocycles. The Hall–Kier alpha value is -2.44. The number of benzene rings is 2. The lowest BCUT2D eigenvalue weighted by atomic mass is 10.2. The quantitative estimate of drug-likeness (QED) is 0.672. The van der Waals surface area contributed by atoms with Crippen LogP contribution in [0.3, 0.4) is 0 Å². The molecule has 0 radical (unpaired) electrons. The summed E-state index contributed by atoms with van der Waals surface area (Å²) in [5, 5.41) is 0. The zero-order chi connectivity index (χ0) is 19.7. The second kappa shape index (κ2) is 10.0. The summed E-state index contributed by atoms with van der Waals surface area (Å²) in [6.07, 6.45) is 4.12. The van der Waals surface area contributed by atoms with Crippen molar-refractivity contribution in [3.8, 4) is 0 Å². The number of amides is 1. The summed E-state index contributed by atoms with van der Waals surface area (Å²) in [6.45, 7) is 5.36. The molecule has 1 amide bonds. The fourth-order valence-electron chi connectivity index (χ4n) is 2.65. The molecule has 1 N–H and O–H groups in total. The molecule has 0 aliphatic carbocycles. The van der Waals surface area contributed by atoms with Gasteiger partial charge < -0.3 is 4.90 Å². The van der Waals surface area contributed by atoms with Gasteiger partial charge in [-0.3, -0.25) is 4.79 Å². The maximum absolute atomic E-state index is 12.6. The Morgan fingerprint density at radius 1 is 1.04 bits per heavy atom. The number of rotatable bonds is 9. The first-order valence-corrected chi connectivity index (χ1v) is 10.5. The van der Waals surface area contributed by atoms with Gasteiger partial charge in [0.25, 0.3) is 0 Å². The summed E-state index contributed by atoms with van der Waals surface area (Å²) < 4.78 is 26.4. The number of hydrogen-bond donors (Lipinski definition) is 1. The molecule has 0 atom stereocenters. The number of hydrogen-bond acceptors (Lipinski definition) is 3. The molecular formula is C21H26N2O3S. The number of carbonyl (C=O) groups is 1. The Morgan fingerprint density at radius 3 is 2.30 bits per heavy atom. The van der Waals surface area contributed by atoms with E-state index in [0.717, 1.165) is 17.5 Å². The molecule has 2 aromatic carbocycles. The Morgan fingerprint density at radius 2 is 1.70 bits per heavy atom. The molecule has 2 aromatic rings. The van der Waals surface area contributed by atoms with Crippen molar-refractivity contribution in [1.29, 1.82) is 0 Å². The van der Waals surface area contributed by atoms with Crippen LogP contribution in [0.25, 0.3) is 6.08 Å². The average Bonchev–Trinajstić information content (AvgIpc) is 2.67. The fraction of sp³-hybridized carbons (Fsp3) is 0.286. The highest BCUT2D eigenvalue weighted by Crippen LogP contribution is 2.12. The lowest BCUT2D eigenvalue weighted by Gasteiger charge is -2.20. The van der Waals surface area contributed by atoms with Crippen LogP contribution < -0.4 is 4.72 Å². The zero-order valence-electron chi connectivity index (χ0n) is 15.8. The van der Waals surface area contributed by atoms with E-state index in [1.807, 2.05) is 37.3 Å². The van der Waals surface area contributed by atoms with Crippen molar-refractivity contribution in [2.75, 3.05) is 13.1 Å². The number of sulfonamides is 1. The monoisotopic (exact) mass is 386 g/mol. The molecule has 0 aromatic heterocycles. The van der Waals surface area contributed by atoms with Crippen molar-refractivity contribution < 1.29 is 13.2 Å². The van der Waals surface area contributed by atoms with Gasteiger partial charge in [-0.1, -0.05) is 56.3 Å². The molecule has 0 bridgehead atoms. The molecule has 6 heteroatoms. The molecule has 5 nitrogen and oxygen atoms in total. The highest BCUT2D eigenvalue weighted by molar-refractivity contribution is 7.89. The molecule has 0 fully saturated rings. The first kappa shape index (κ1) is 20.9. The van der Waals surface area contributed by atoms with Gasteiger partial charge in [0, 0.05) is 25.7 Å². The van der Waals surface area contributed by atoms with Gasteiger partial charge in [-0.2, -0.15) is 0 Å². The van der Waals surface area contributed by atoms with Crippen LogP contribution in [0.4, 0.5) is 0 Å². The second-order valence-corrected chi connectivity index (χ2v) is 7.92. The van der Waals surface area contributed by atoms with E-state index in [1.165, 1.54) is 18.2 Å². The summed E-state index contributed by atoms with van der Waals surface area (Å²) in [7, 11) is -3.46. The van der Waals surface area contributed by atoms with Crippen LogP contribution in [-0.2, 0) is 21.4 Å². The highest BCUT2D eigenvalue weighted by atomic mass is 32.2. The maximum atomic E-state index is 12.6. The Kier molecular flexibility index (Phi) is 7.76. The van der Waals surface area contributed by atoms with Crippen molar-refractivity contribution in [2.45, 2.75) is 31.7 Å². The van der Waals surface area contributed by atoms with Crippen molar-refractivity contribution in [3.63, 3.8) is 0 Å². The zero-order valence-corrected chi connectivity index (χ0v) is 16.6. The predicted octanol–water partition coefficient (Wildman–Crippen LogP) is 3.44. The lowest BCUT2D eigenvalue weighted by Crippen LogP contribution is -2.29. The third kappa shape index (κ3) is 6.34. The third-order valence-electron chi connectivity index (χ3n) is 3.96. The second-order valence-electron chi connectivity index (χ2n) is 6.15. The third-order valence-corrected chi connectivity index (χ3v) is 5.53. The normalized spacial score (nSPS) is 11.6. The molecule has 144 valence electrons. The van der Waals surface area contributed by atoms with Crippen LogP contribution in [-0.4, -0.2) is 32.3 Å². The molecule has 27 heavy (non-hydrogen) atoms. The van der Waals surface area contributed by atoms with E-state index in [1.54, 1.807) is 30.0 Å². The molecule has 0 heterocycles. The maximum Gasteiger partial charge on any atom is 0.246 e. The van der Waals surface area contributed by atoms with Crippen LogP contribution in [0.5, 0.6) is 0 Å². The van der Waals surface area contributed by atoms with Gasteiger partial charge in [-0.15, -0.1) is 0 Å². The van der Waals surface area contributed by atoms with Gasteiger partial charge in [0.2, 0.25) is 15.9 Å². The van der Waals surface area contributed by atoms with E-state index < -0.39 is 10.0 Å². The SMILES string of the molecule is CCCN(Cc1ccccc1)C(=O)/C=C/c1ccc(S(=O)(=O)NCC)cc1. The summed E-state index contributed by atoms with van der Waals surface area (Å²) in [5.74, 6) is -0.0648. The summed E-state index contributed by atoms with van der Waals surface area (Å²) in [6, 6.07) is 16.3. The van der Waals surface area contributed by atoms with Crippen LogP contribution in [0.15, 0.2) is 65.6 Å². The standard InChI is InChI=1S/C21H26N2O3S/c1-3-16-23(17-19-8-6-5-7-9-19)21(24)15-12-18-10-13-20(14-11-18)27(25,26)22-4-2/h5-15,22H,3-4,16-17H2,1-2H3/b15-12+. The lowest BCUT2D eigenvalue weighted by molar-refractivity contribution is -0.126. The minimum absolute atomic E-state index is 0.0648. The first-order valence-electron chi connectivity index (χ1n) is 9.07. The topological polar surface area (TPSA) is 66.5 Å². The van der Waals surface area contributed by atoms with E-state index in [0.29, 0.717) is 19.6 Å². The molecule has 2 rings (SSSR count). The minimum atomic E-state index is -3.46. The van der Waals surface area contributed by atoms with Gasteiger partial charge in [0.15, 0.2) is 0 Å². The van der Waals surface area contributed by atoms with Crippen molar-refractivity contribution in [3.05, 3.63) is 71.8 Å². The molecular weight excluding hydrogens is 360 g/mol. The number of carbonyl (C=O) groups excluding carboxylic acids is 1. The molecule has 0 saturated carbocycles. The highest BCUT2D eigenvalue weighted by Gasteiger charge is 2.12. The van der Waals surface area contributed by atoms with Gasteiger partial charge in [0.1, 0.15) is 0 Å². The van der Waals surface area contributed by atoms with Gasteiger partial charge in [0.05, 0.1) is 4.90 Å². The van der Waals surface area contributed by atoms with Crippen molar-refractivity contribution in [2.24, 2.45) is 0 Å². The van der Waals surface area contributed by atoms with Crippen molar-refractivity contribution >= 4 is 22.0 Å². The molecule has 0 spiro atoms. The van der Waals surface area contributed by atoms with Gasteiger partial charge in [-0.05, 0) is 35.8 Å².